The van der Waals surface area contributed by atoms with Crippen molar-refractivity contribution in [1.82, 2.24) is 5.32 Å². The summed E-state index contributed by atoms with van der Waals surface area (Å²) in [6.07, 6.45) is 6.91. The van der Waals surface area contributed by atoms with Crippen molar-refractivity contribution in [2.75, 3.05) is 0 Å². The minimum absolute atomic E-state index is 0.0338. The van der Waals surface area contributed by atoms with Crippen molar-refractivity contribution in [3.63, 3.8) is 0 Å². The average Bonchev–Trinajstić information content (AvgIpc) is 2.07. The van der Waals surface area contributed by atoms with Crippen LogP contribution < -0.4 is 5.32 Å². The van der Waals surface area contributed by atoms with Gasteiger partial charge in [-0.15, -0.1) is 0 Å². The Labute approximate surface area is 70.8 Å². The molecule has 0 aromatic heterocycles. The van der Waals surface area contributed by atoms with Crippen LogP contribution in [0.15, 0.2) is 24.0 Å². The van der Waals surface area contributed by atoms with Crippen LogP contribution in [0.1, 0.15) is 12.8 Å². The molecule has 3 nitrogen and oxygen atoms in total. The highest BCUT2D eigenvalue weighted by molar-refractivity contribution is 5.77. The molecular formula is C9H11NO2. The number of amides is 1. The number of aliphatic hydroxyl groups excluding tert-OH is 1. The number of fused-ring (bicyclic) bond motifs is 1. The van der Waals surface area contributed by atoms with Crippen LogP contribution in [-0.4, -0.2) is 17.1 Å². The molecule has 64 valence electrons. The van der Waals surface area contributed by atoms with Crippen molar-refractivity contribution < 1.29 is 9.90 Å². The second kappa shape index (κ2) is 2.66. The molecule has 1 heterocycles. The Bertz CT molecular complexity index is 268. The van der Waals surface area contributed by atoms with Crippen LogP contribution in [0, 0.1) is 5.92 Å². The normalized spacial score (nSPS) is 33.7. The minimum atomic E-state index is -0.170. The maximum Gasteiger partial charge on any atom is 0.220 e. The Balaban J connectivity index is 2.19. The monoisotopic (exact) mass is 165 g/mol. The first-order chi connectivity index (χ1) is 5.77. The summed E-state index contributed by atoms with van der Waals surface area (Å²) >= 11 is 0. The van der Waals surface area contributed by atoms with E-state index in [0.29, 0.717) is 6.42 Å². The summed E-state index contributed by atoms with van der Waals surface area (Å²) in [5.41, 5.74) is 0. The first kappa shape index (κ1) is 7.40. The Hall–Kier alpha value is -1.25. The Morgan fingerprint density at radius 3 is 3.25 bits per heavy atom. The highest BCUT2D eigenvalue weighted by Gasteiger charge is 2.30. The van der Waals surface area contributed by atoms with E-state index in [1.807, 2.05) is 12.2 Å². The highest BCUT2D eigenvalue weighted by Crippen LogP contribution is 2.25. The molecule has 0 bridgehead atoms. The molecular weight excluding hydrogens is 154 g/mol. The molecule has 0 spiro atoms. The summed E-state index contributed by atoms with van der Waals surface area (Å²) in [6.45, 7) is 0. The van der Waals surface area contributed by atoms with Gasteiger partial charge in [0.1, 0.15) is 5.76 Å². The van der Waals surface area contributed by atoms with E-state index in [-0.39, 0.29) is 23.6 Å². The molecule has 1 aliphatic carbocycles. The van der Waals surface area contributed by atoms with Gasteiger partial charge in [0.05, 0.1) is 6.04 Å². The number of hydrogen-bond acceptors (Lipinski definition) is 2. The number of nitrogens with one attached hydrogen (secondary N) is 1. The van der Waals surface area contributed by atoms with Crippen LogP contribution in [0.4, 0.5) is 0 Å². The first-order valence-corrected chi connectivity index (χ1v) is 4.14. The summed E-state index contributed by atoms with van der Waals surface area (Å²) in [5, 5.41) is 12.2. The van der Waals surface area contributed by atoms with Crippen LogP contribution in [0.25, 0.3) is 0 Å². The Morgan fingerprint density at radius 2 is 2.42 bits per heavy atom. The predicted molar refractivity (Wildman–Crippen MR) is 44.5 cm³/mol. The van der Waals surface area contributed by atoms with Gasteiger partial charge >= 0.3 is 0 Å². The van der Waals surface area contributed by atoms with Gasteiger partial charge in [0, 0.05) is 12.3 Å². The van der Waals surface area contributed by atoms with Crippen LogP contribution in [0.2, 0.25) is 0 Å². The summed E-state index contributed by atoms with van der Waals surface area (Å²) < 4.78 is 0. The molecule has 2 atom stereocenters. The lowest BCUT2D eigenvalue weighted by atomic mass is 9.86. The van der Waals surface area contributed by atoms with E-state index in [0.717, 1.165) is 6.42 Å². The molecule has 2 aliphatic rings. The lowest BCUT2D eigenvalue weighted by Crippen LogP contribution is -2.46. The van der Waals surface area contributed by atoms with Gasteiger partial charge in [-0.2, -0.15) is 0 Å². The zero-order chi connectivity index (χ0) is 8.55. The number of allylic oxidation sites excluding steroid dienone is 2. The van der Waals surface area contributed by atoms with Crippen molar-refractivity contribution >= 4 is 5.91 Å². The smallest absolute Gasteiger partial charge is 0.220 e. The zero-order valence-corrected chi connectivity index (χ0v) is 6.66. The number of carbonyl (C=O) groups excluding carboxylic acids is 1. The second-order valence-electron chi connectivity index (χ2n) is 3.22. The van der Waals surface area contributed by atoms with Gasteiger partial charge in [-0.05, 0) is 12.5 Å². The molecule has 2 N–H and O–H groups in total. The van der Waals surface area contributed by atoms with Crippen molar-refractivity contribution in [2.45, 2.75) is 18.9 Å². The third-order valence-corrected chi connectivity index (χ3v) is 2.39. The molecule has 1 aliphatic heterocycles. The van der Waals surface area contributed by atoms with Gasteiger partial charge in [-0.1, -0.05) is 12.2 Å². The molecule has 2 unspecified atom stereocenters. The third kappa shape index (κ3) is 1.11. The zero-order valence-electron chi connectivity index (χ0n) is 6.66. The van der Waals surface area contributed by atoms with Crippen molar-refractivity contribution in [2.24, 2.45) is 5.92 Å². The van der Waals surface area contributed by atoms with Gasteiger partial charge in [0.15, 0.2) is 0 Å². The van der Waals surface area contributed by atoms with Crippen LogP contribution >= 0.6 is 0 Å². The number of piperidine rings is 1. The molecule has 3 heteroatoms. The molecule has 0 saturated carbocycles. The number of rotatable bonds is 0. The molecule has 2 rings (SSSR count). The van der Waals surface area contributed by atoms with E-state index < -0.39 is 0 Å². The fraction of sp³-hybridized carbons (Fsp3) is 0.444. The van der Waals surface area contributed by atoms with Gasteiger partial charge < -0.3 is 10.4 Å². The summed E-state index contributed by atoms with van der Waals surface area (Å²) in [6, 6.07) is -0.170. The van der Waals surface area contributed by atoms with E-state index in [9.17, 15) is 9.90 Å². The Morgan fingerprint density at radius 1 is 1.58 bits per heavy atom. The van der Waals surface area contributed by atoms with Crippen LogP contribution in [-0.2, 0) is 4.79 Å². The lowest BCUT2D eigenvalue weighted by Gasteiger charge is -2.31. The van der Waals surface area contributed by atoms with E-state index >= 15 is 0 Å². The van der Waals surface area contributed by atoms with Crippen LogP contribution in [0.3, 0.4) is 0 Å². The average molecular weight is 165 g/mol. The van der Waals surface area contributed by atoms with Crippen LogP contribution in [0.5, 0.6) is 0 Å². The molecule has 0 radical (unpaired) electrons. The molecule has 1 saturated heterocycles. The first-order valence-electron chi connectivity index (χ1n) is 4.14. The Kier molecular flexibility index (Phi) is 1.64. The van der Waals surface area contributed by atoms with E-state index in [4.69, 9.17) is 0 Å². The number of carbonyl (C=O) groups is 1. The van der Waals surface area contributed by atoms with E-state index in [1.54, 1.807) is 6.08 Å². The molecule has 0 aromatic carbocycles. The molecule has 1 amide bonds. The molecule has 0 aromatic rings. The third-order valence-electron chi connectivity index (χ3n) is 2.39. The lowest BCUT2D eigenvalue weighted by molar-refractivity contribution is -0.123. The molecule has 1 fully saturated rings. The summed E-state index contributed by atoms with van der Waals surface area (Å²) in [4.78, 5) is 11.0. The topological polar surface area (TPSA) is 49.3 Å². The van der Waals surface area contributed by atoms with E-state index in [2.05, 4.69) is 5.32 Å². The minimum Gasteiger partial charge on any atom is -0.510 e. The maximum absolute atomic E-state index is 11.0. The fourth-order valence-corrected chi connectivity index (χ4v) is 1.72. The summed E-state index contributed by atoms with van der Waals surface area (Å²) in [5.74, 6) is 0.592. The quantitative estimate of drug-likeness (QED) is 0.560. The summed E-state index contributed by atoms with van der Waals surface area (Å²) in [7, 11) is 0. The fourth-order valence-electron chi connectivity index (χ4n) is 1.72. The van der Waals surface area contributed by atoms with Gasteiger partial charge in [-0.3, -0.25) is 4.79 Å². The maximum atomic E-state index is 11.0. The number of hydrogen-bond donors (Lipinski definition) is 2. The van der Waals surface area contributed by atoms with Gasteiger partial charge in [0.2, 0.25) is 5.91 Å². The van der Waals surface area contributed by atoms with E-state index in [1.165, 1.54) is 0 Å². The van der Waals surface area contributed by atoms with Crippen molar-refractivity contribution in [3.05, 3.63) is 24.0 Å². The molecule has 12 heavy (non-hydrogen) atoms. The standard InChI is InChI=1S/C9H11NO2/c11-7-3-1-2-6-4-5-8(12)10-9(6)7/h1-3,6,9,11H,4-5H2,(H,10,12). The van der Waals surface area contributed by atoms with Crippen molar-refractivity contribution in [1.29, 1.82) is 0 Å². The van der Waals surface area contributed by atoms with Gasteiger partial charge in [-0.25, -0.2) is 0 Å². The second-order valence-corrected chi connectivity index (χ2v) is 3.22. The van der Waals surface area contributed by atoms with Crippen molar-refractivity contribution in [3.8, 4) is 0 Å². The SMILES string of the molecule is O=C1CCC2C=CC=C(O)C2N1. The predicted octanol–water partition coefficient (Wildman–Crippen LogP) is 0.893. The largest absolute Gasteiger partial charge is 0.510 e. The highest BCUT2D eigenvalue weighted by atomic mass is 16.3. The van der Waals surface area contributed by atoms with Gasteiger partial charge in [0.25, 0.3) is 0 Å². The number of aliphatic hydroxyl groups is 1.